The third-order valence-corrected chi connectivity index (χ3v) is 2.46. The zero-order valence-electron chi connectivity index (χ0n) is 8.90. The van der Waals surface area contributed by atoms with Crippen LogP contribution in [0.2, 0.25) is 0 Å². The van der Waals surface area contributed by atoms with Gasteiger partial charge in [-0.2, -0.15) is 0 Å². The summed E-state index contributed by atoms with van der Waals surface area (Å²) < 4.78 is 0. The van der Waals surface area contributed by atoms with Gasteiger partial charge in [0.05, 0.1) is 0 Å². The zero-order chi connectivity index (χ0) is 10.4. The molecule has 1 atom stereocenters. The van der Waals surface area contributed by atoms with E-state index in [9.17, 15) is 0 Å². The predicted octanol–water partition coefficient (Wildman–Crippen LogP) is 1.72. The van der Waals surface area contributed by atoms with Gasteiger partial charge in [0.1, 0.15) is 5.82 Å². The van der Waals surface area contributed by atoms with Gasteiger partial charge in [-0.05, 0) is 30.5 Å². The van der Waals surface area contributed by atoms with Crippen LogP contribution in [-0.4, -0.2) is 18.1 Å². The van der Waals surface area contributed by atoms with Crippen LogP contribution in [0.25, 0.3) is 0 Å². The van der Waals surface area contributed by atoms with E-state index in [1.54, 1.807) is 6.20 Å². The fraction of sp³-hybridized carbons (Fsp3) is 0.545. The number of nitrogens with one attached hydrogen (secondary N) is 1. The van der Waals surface area contributed by atoms with Crippen molar-refractivity contribution in [3.8, 4) is 0 Å². The Morgan fingerprint density at radius 1 is 1.43 bits per heavy atom. The summed E-state index contributed by atoms with van der Waals surface area (Å²) in [4.78, 5) is 4.19. The minimum Gasteiger partial charge on any atom is -0.370 e. The van der Waals surface area contributed by atoms with Gasteiger partial charge < -0.3 is 11.1 Å². The summed E-state index contributed by atoms with van der Waals surface area (Å²) in [6.45, 7) is 6.00. The molecule has 1 rings (SSSR count). The highest BCUT2D eigenvalue weighted by molar-refractivity contribution is 5.32. The van der Waals surface area contributed by atoms with Crippen LogP contribution < -0.4 is 11.1 Å². The molecule has 0 aliphatic carbocycles. The summed E-state index contributed by atoms with van der Waals surface area (Å²) in [5, 5.41) is 3.29. The molecule has 0 fully saturated rings. The molecule has 0 aliphatic rings. The fourth-order valence-electron chi connectivity index (χ4n) is 1.29. The number of aromatic nitrogens is 1. The van der Waals surface area contributed by atoms with Crippen molar-refractivity contribution in [1.82, 2.24) is 4.98 Å². The van der Waals surface area contributed by atoms with Gasteiger partial charge in [0.2, 0.25) is 0 Å². The molecule has 3 nitrogen and oxygen atoms in total. The summed E-state index contributed by atoms with van der Waals surface area (Å²) in [6.07, 6.45) is 1.79. The molecule has 3 N–H and O–H groups in total. The van der Waals surface area contributed by atoms with Crippen molar-refractivity contribution < 1.29 is 0 Å². The quantitative estimate of drug-likeness (QED) is 0.748. The standard InChI is InChI=1S/C11H19N3/c1-9(2)10(7-12)8-14-11-5-3-4-6-13-11/h3-6,9-10H,7-8,12H2,1-2H3,(H,13,14). The Morgan fingerprint density at radius 3 is 2.71 bits per heavy atom. The van der Waals surface area contributed by atoms with E-state index < -0.39 is 0 Å². The molecule has 3 heteroatoms. The van der Waals surface area contributed by atoms with Crippen LogP contribution in [0.1, 0.15) is 13.8 Å². The first kappa shape index (κ1) is 11.0. The van der Waals surface area contributed by atoms with Crippen molar-refractivity contribution >= 4 is 5.82 Å². The van der Waals surface area contributed by atoms with E-state index in [-0.39, 0.29) is 0 Å². The number of pyridine rings is 1. The lowest BCUT2D eigenvalue weighted by Crippen LogP contribution is -2.27. The van der Waals surface area contributed by atoms with Crippen LogP contribution >= 0.6 is 0 Å². The van der Waals surface area contributed by atoms with Crippen LogP contribution in [0.15, 0.2) is 24.4 Å². The molecular formula is C11H19N3. The normalized spacial score (nSPS) is 12.9. The van der Waals surface area contributed by atoms with Gasteiger partial charge in [-0.15, -0.1) is 0 Å². The van der Waals surface area contributed by atoms with Gasteiger partial charge >= 0.3 is 0 Å². The monoisotopic (exact) mass is 193 g/mol. The second kappa shape index (κ2) is 5.60. The van der Waals surface area contributed by atoms with Gasteiger partial charge in [-0.25, -0.2) is 4.98 Å². The molecule has 0 bridgehead atoms. The first-order valence-corrected chi connectivity index (χ1v) is 5.09. The first-order valence-electron chi connectivity index (χ1n) is 5.09. The van der Waals surface area contributed by atoms with E-state index in [0.717, 1.165) is 18.9 Å². The molecule has 0 spiro atoms. The molecule has 14 heavy (non-hydrogen) atoms. The molecule has 1 aromatic rings. The van der Waals surface area contributed by atoms with Crippen molar-refractivity contribution in [2.24, 2.45) is 17.6 Å². The highest BCUT2D eigenvalue weighted by Crippen LogP contribution is 2.10. The number of nitrogens with zero attached hydrogens (tertiary/aromatic N) is 1. The van der Waals surface area contributed by atoms with Crippen molar-refractivity contribution in [3.05, 3.63) is 24.4 Å². The minimum atomic E-state index is 0.511. The Hall–Kier alpha value is -1.09. The van der Waals surface area contributed by atoms with E-state index >= 15 is 0 Å². The van der Waals surface area contributed by atoms with Gasteiger partial charge in [-0.1, -0.05) is 19.9 Å². The molecule has 0 saturated carbocycles. The molecular weight excluding hydrogens is 174 g/mol. The third-order valence-electron chi connectivity index (χ3n) is 2.46. The molecule has 0 amide bonds. The SMILES string of the molecule is CC(C)C(CN)CNc1ccccn1. The second-order valence-corrected chi connectivity index (χ2v) is 3.84. The highest BCUT2D eigenvalue weighted by atomic mass is 15.0. The molecule has 1 heterocycles. The van der Waals surface area contributed by atoms with E-state index in [2.05, 4.69) is 24.1 Å². The lowest BCUT2D eigenvalue weighted by molar-refractivity contribution is 0.413. The number of hydrogen-bond donors (Lipinski definition) is 2. The average molecular weight is 193 g/mol. The predicted molar refractivity (Wildman–Crippen MR) is 60.1 cm³/mol. The maximum atomic E-state index is 5.68. The van der Waals surface area contributed by atoms with E-state index in [0.29, 0.717) is 11.8 Å². The van der Waals surface area contributed by atoms with E-state index in [1.807, 2.05) is 18.2 Å². The van der Waals surface area contributed by atoms with Crippen molar-refractivity contribution in [2.75, 3.05) is 18.4 Å². The van der Waals surface area contributed by atoms with Gasteiger partial charge in [-0.3, -0.25) is 0 Å². The summed E-state index contributed by atoms with van der Waals surface area (Å²) >= 11 is 0. The van der Waals surface area contributed by atoms with Crippen molar-refractivity contribution in [3.63, 3.8) is 0 Å². The van der Waals surface area contributed by atoms with Gasteiger partial charge in [0.15, 0.2) is 0 Å². The minimum absolute atomic E-state index is 0.511. The molecule has 0 saturated heterocycles. The highest BCUT2D eigenvalue weighted by Gasteiger charge is 2.10. The van der Waals surface area contributed by atoms with Crippen LogP contribution in [-0.2, 0) is 0 Å². The fourth-order valence-corrected chi connectivity index (χ4v) is 1.29. The summed E-state index contributed by atoms with van der Waals surface area (Å²) in [7, 11) is 0. The van der Waals surface area contributed by atoms with Crippen LogP contribution in [0.4, 0.5) is 5.82 Å². The smallest absolute Gasteiger partial charge is 0.125 e. The molecule has 1 aromatic heterocycles. The Kier molecular flexibility index (Phi) is 4.40. The van der Waals surface area contributed by atoms with Crippen LogP contribution in [0, 0.1) is 11.8 Å². The Bertz CT molecular complexity index is 246. The number of rotatable bonds is 5. The molecule has 0 aliphatic heterocycles. The lowest BCUT2D eigenvalue weighted by Gasteiger charge is -2.19. The number of nitrogens with two attached hydrogens (primary N) is 1. The number of hydrogen-bond acceptors (Lipinski definition) is 3. The average Bonchev–Trinajstić information content (AvgIpc) is 2.20. The molecule has 1 unspecified atom stereocenters. The Balaban J connectivity index is 2.40. The Morgan fingerprint density at radius 2 is 2.21 bits per heavy atom. The molecule has 0 aromatic carbocycles. The number of anilines is 1. The summed E-state index contributed by atoms with van der Waals surface area (Å²) in [5.41, 5.74) is 5.68. The largest absolute Gasteiger partial charge is 0.370 e. The van der Waals surface area contributed by atoms with Crippen LogP contribution in [0.5, 0.6) is 0 Å². The lowest BCUT2D eigenvalue weighted by atomic mass is 9.96. The maximum Gasteiger partial charge on any atom is 0.125 e. The van der Waals surface area contributed by atoms with Crippen molar-refractivity contribution in [2.45, 2.75) is 13.8 Å². The second-order valence-electron chi connectivity index (χ2n) is 3.84. The molecule has 78 valence electrons. The van der Waals surface area contributed by atoms with Gasteiger partial charge in [0, 0.05) is 12.7 Å². The van der Waals surface area contributed by atoms with Crippen molar-refractivity contribution in [1.29, 1.82) is 0 Å². The van der Waals surface area contributed by atoms with E-state index in [4.69, 9.17) is 5.73 Å². The topological polar surface area (TPSA) is 50.9 Å². The van der Waals surface area contributed by atoms with Gasteiger partial charge in [0.25, 0.3) is 0 Å². The summed E-state index contributed by atoms with van der Waals surface area (Å²) in [6, 6.07) is 5.85. The summed E-state index contributed by atoms with van der Waals surface area (Å²) in [5.74, 6) is 2.04. The van der Waals surface area contributed by atoms with E-state index in [1.165, 1.54) is 0 Å². The zero-order valence-corrected chi connectivity index (χ0v) is 8.90. The first-order chi connectivity index (χ1) is 6.74. The maximum absolute atomic E-state index is 5.68. The van der Waals surface area contributed by atoms with Crippen LogP contribution in [0.3, 0.4) is 0 Å². The third kappa shape index (κ3) is 3.34. The molecule has 0 radical (unpaired) electrons. The Labute approximate surface area is 85.7 Å².